The van der Waals surface area contributed by atoms with Gasteiger partial charge in [-0.2, -0.15) is 0 Å². The summed E-state index contributed by atoms with van der Waals surface area (Å²) < 4.78 is 1.93. The Morgan fingerprint density at radius 3 is 2.81 bits per heavy atom. The van der Waals surface area contributed by atoms with Crippen molar-refractivity contribution in [3.05, 3.63) is 64.3 Å². The summed E-state index contributed by atoms with van der Waals surface area (Å²) >= 11 is 1.31. The molecule has 130 valence electrons. The Balaban J connectivity index is 1.72. The number of carbonyl (C=O) groups is 1. The van der Waals surface area contributed by atoms with Crippen LogP contribution in [0.1, 0.15) is 11.4 Å². The fraction of sp³-hybridized carbons (Fsp3) is 0.158. The molecule has 0 bridgehead atoms. The van der Waals surface area contributed by atoms with Crippen LogP contribution in [0.4, 0.5) is 5.69 Å². The minimum absolute atomic E-state index is 0.0797. The summed E-state index contributed by atoms with van der Waals surface area (Å²) in [4.78, 5) is 35.0. The van der Waals surface area contributed by atoms with Crippen LogP contribution in [0.3, 0.4) is 0 Å². The smallest absolute Gasteiger partial charge is 0.272 e. The average Bonchev–Trinajstić information content (AvgIpc) is 2.99. The van der Waals surface area contributed by atoms with Gasteiger partial charge in [0.15, 0.2) is 0 Å². The molecular formula is C19H16N4O2S. The molecule has 7 heteroatoms. The van der Waals surface area contributed by atoms with E-state index in [9.17, 15) is 9.59 Å². The van der Waals surface area contributed by atoms with Crippen LogP contribution in [0.5, 0.6) is 0 Å². The number of hydrogen-bond acceptors (Lipinski definition) is 5. The van der Waals surface area contributed by atoms with Crippen molar-refractivity contribution in [3.63, 3.8) is 0 Å². The van der Waals surface area contributed by atoms with Gasteiger partial charge in [0.1, 0.15) is 21.9 Å². The van der Waals surface area contributed by atoms with Gasteiger partial charge in [-0.05, 0) is 37.6 Å². The highest BCUT2D eigenvalue weighted by molar-refractivity contribution is 7.25. The third kappa shape index (κ3) is 2.76. The summed E-state index contributed by atoms with van der Waals surface area (Å²) in [6.45, 7) is 3.58. The molecular weight excluding hydrogens is 348 g/mol. The molecule has 0 aliphatic carbocycles. The van der Waals surface area contributed by atoms with Crippen molar-refractivity contribution < 1.29 is 4.79 Å². The largest absolute Gasteiger partial charge is 0.324 e. The Bertz CT molecular complexity index is 1210. The third-order valence-electron chi connectivity index (χ3n) is 4.26. The monoisotopic (exact) mass is 364 g/mol. The van der Waals surface area contributed by atoms with Crippen molar-refractivity contribution in [1.29, 1.82) is 0 Å². The van der Waals surface area contributed by atoms with E-state index in [0.717, 1.165) is 21.5 Å². The van der Waals surface area contributed by atoms with Gasteiger partial charge >= 0.3 is 0 Å². The predicted octanol–water partition coefficient (Wildman–Crippen LogP) is 3.26. The molecule has 0 spiro atoms. The van der Waals surface area contributed by atoms with Crippen molar-refractivity contribution in [2.75, 3.05) is 5.32 Å². The van der Waals surface area contributed by atoms with Gasteiger partial charge in [0.05, 0.1) is 5.52 Å². The van der Waals surface area contributed by atoms with Crippen LogP contribution in [0.25, 0.3) is 20.4 Å². The second-order valence-electron chi connectivity index (χ2n) is 6.05. The summed E-state index contributed by atoms with van der Waals surface area (Å²) in [5.74, 6) is 0.246. The van der Waals surface area contributed by atoms with Crippen molar-refractivity contribution in [1.82, 2.24) is 14.5 Å². The highest BCUT2D eigenvalue weighted by Gasteiger charge is 2.16. The van der Waals surface area contributed by atoms with E-state index >= 15 is 0 Å². The van der Waals surface area contributed by atoms with Gasteiger partial charge in [-0.1, -0.05) is 18.2 Å². The molecule has 3 heterocycles. The Kier molecular flexibility index (Phi) is 4.00. The van der Waals surface area contributed by atoms with Crippen LogP contribution in [0.2, 0.25) is 0 Å². The molecule has 1 N–H and O–H groups in total. The lowest BCUT2D eigenvalue weighted by molar-refractivity contribution is -0.116. The predicted molar refractivity (Wildman–Crippen MR) is 104 cm³/mol. The highest BCUT2D eigenvalue weighted by atomic mass is 32.1. The Labute approximate surface area is 153 Å². The first-order valence-electron chi connectivity index (χ1n) is 8.15. The number of amides is 1. The van der Waals surface area contributed by atoms with Gasteiger partial charge in [-0.15, -0.1) is 11.3 Å². The molecule has 0 aliphatic rings. The fourth-order valence-corrected chi connectivity index (χ4v) is 3.93. The van der Waals surface area contributed by atoms with Crippen molar-refractivity contribution in [3.8, 4) is 0 Å². The molecule has 4 aromatic rings. The molecule has 26 heavy (non-hydrogen) atoms. The van der Waals surface area contributed by atoms with Crippen LogP contribution < -0.4 is 10.9 Å². The summed E-state index contributed by atoms with van der Waals surface area (Å²) in [7, 11) is 0. The maximum absolute atomic E-state index is 12.9. The minimum Gasteiger partial charge on any atom is -0.324 e. The first kappa shape index (κ1) is 16.4. The molecule has 0 radical (unpaired) electrons. The number of nitrogens with zero attached hydrogens (tertiary/aromatic N) is 3. The van der Waals surface area contributed by atoms with E-state index in [1.165, 1.54) is 15.9 Å². The van der Waals surface area contributed by atoms with Gasteiger partial charge < -0.3 is 5.32 Å². The lowest BCUT2D eigenvalue weighted by Crippen LogP contribution is -2.29. The summed E-state index contributed by atoms with van der Waals surface area (Å²) in [6.07, 6.45) is 1.69. The van der Waals surface area contributed by atoms with Crippen LogP contribution in [-0.4, -0.2) is 20.4 Å². The zero-order valence-corrected chi connectivity index (χ0v) is 15.1. The number of rotatable bonds is 3. The molecule has 0 aliphatic heterocycles. The molecule has 0 unspecified atom stereocenters. The lowest BCUT2D eigenvalue weighted by Gasteiger charge is -2.11. The van der Waals surface area contributed by atoms with Gasteiger partial charge in [-0.25, -0.2) is 9.97 Å². The van der Waals surface area contributed by atoms with Crippen LogP contribution in [0.15, 0.2) is 47.4 Å². The van der Waals surface area contributed by atoms with Crippen molar-refractivity contribution in [2.45, 2.75) is 20.4 Å². The summed E-state index contributed by atoms with van der Waals surface area (Å²) in [5, 5.41) is 3.72. The number of pyridine rings is 1. The second-order valence-corrected chi connectivity index (χ2v) is 7.05. The molecule has 0 saturated heterocycles. The molecule has 1 aromatic carbocycles. The number of thiophene rings is 1. The summed E-state index contributed by atoms with van der Waals surface area (Å²) in [5.41, 5.74) is 2.14. The third-order valence-corrected chi connectivity index (χ3v) is 5.36. The molecule has 6 nitrogen and oxygen atoms in total. The highest BCUT2D eigenvalue weighted by Crippen LogP contribution is 2.28. The SMILES string of the molecule is Cc1ccccc1NC(=O)Cn1c(C)nc2c(sc3ncccc32)c1=O. The van der Waals surface area contributed by atoms with Crippen molar-refractivity contribution >= 4 is 43.4 Å². The Morgan fingerprint density at radius 2 is 2.00 bits per heavy atom. The van der Waals surface area contributed by atoms with Gasteiger partial charge in [0, 0.05) is 17.3 Å². The minimum atomic E-state index is -0.259. The molecule has 0 saturated carbocycles. The maximum Gasteiger partial charge on any atom is 0.272 e. The topological polar surface area (TPSA) is 76.9 Å². The zero-order chi connectivity index (χ0) is 18.3. The van der Waals surface area contributed by atoms with E-state index < -0.39 is 0 Å². The van der Waals surface area contributed by atoms with Crippen LogP contribution in [0, 0.1) is 13.8 Å². The van der Waals surface area contributed by atoms with E-state index in [2.05, 4.69) is 15.3 Å². The Hall–Kier alpha value is -3.06. The van der Waals surface area contributed by atoms with E-state index in [-0.39, 0.29) is 18.0 Å². The standard InChI is InChI=1S/C19H16N4O2S/c1-11-6-3-4-8-14(11)22-15(24)10-23-12(2)21-16-13-7-5-9-20-18(13)26-17(16)19(23)25/h3-9H,10H2,1-2H3,(H,22,24). The van der Waals surface area contributed by atoms with E-state index in [1.54, 1.807) is 13.1 Å². The fourth-order valence-electron chi connectivity index (χ4n) is 2.90. The first-order chi connectivity index (χ1) is 12.5. The summed E-state index contributed by atoms with van der Waals surface area (Å²) in [6, 6.07) is 11.3. The van der Waals surface area contributed by atoms with E-state index in [1.807, 2.05) is 43.3 Å². The number of aryl methyl sites for hydroxylation is 2. The molecule has 3 aromatic heterocycles. The number of anilines is 1. The van der Waals surface area contributed by atoms with E-state index in [4.69, 9.17) is 0 Å². The lowest BCUT2D eigenvalue weighted by atomic mass is 10.2. The maximum atomic E-state index is 12.9. The molecule has 0 atom stereocenters. The number of benzene rings is 1. The van der Waals surface area contributed by atoms with Gasteiger partial charge in [-0.3, -0.25) is 14.2 Å². The molecule has 0 fully saturated rings. The second kappa shape index (κ2) is 6.34. The van der Waals surface area contributed by atoms with Gasteiger partial charge in [0.25, 0.3) is 5.56 Å². The number of para-hydroxylation sites is 1. The Morgan fingerprint density at radius 1 is 1.19 bits per heavy atom. The number of fused-ring (bicyclic) bond motifs is 3. The number of nitrogens with one attached hydrogen (secondary N) is 1. The average molecular weight is 364 g/mol. The van der Waals surface area contributed by atoms with E-state index in [0.29, 0.717) is 16.0 Å². The zero-order valence-electron chi connectivity index (χ0n) is 14.3. The van der Waals surface area contributed by atoms with Crippen LogP contribution in [-0.2, 0) is 11.3 Å². The number of hydrogen-bond donors (Lipinski definition) is 1. The van der Waals surface area contributed by atoms with Crippen LogP contribution >= 0.6 is 11.3 Å². The number of carbonyl (C=O) groups excluding carboxylic acids is 1. The van der Waals surface area contributed by atoms with Gasteiger partial charge in [0.2, 0.25) is 5.91 Å². The normalized spacial score (nSPS) is 11.2. The van der Waals surface area contributed by atoms with Crippen molar-refractivity contribution in [2.24, 2.45) is 0 Å². The quantitative estimate of drug-likeness (QED) is 0.605. The first-order valence-corrected chi connectivity index (χ1v) is 8.96. The molecule has 4 rings (SSSR count). The number of aromatic nitrogens is 3. The molecule has 1 amide bonds.